The highest BCUT2D eigenvalue weighted by Gasteiger charge is 2.44. The maximum absolute atomic E-state index is 13.0. The standard InChI is InChI=1S/C23H25NO3/c1-14(2)10-19(25)20-21(17-8-6-5-7-9-17)24(23(27)22(20)26)18-12-15(3)11-16(4)13-18/h5-9,11-14,21,26H,10H2,1-4H3. The number of hydrogen-bond donors (Lipinski definition) is 1. The van der Waals surface area contributed by atoms with Crippen LogP contribution in [0.1, 0.15) is 43.0 Å². The second kappa shape index (κ2) is 7.39. The van der Waals surface area contributed by atoms with Crippen molar-refractivity contribution in [2.75, 3.05) is 4.90 Å². The lowest BCUT2D eigenvalue weighted by Gasteiger charge is -2.27. The van der Waals surface area contributed by atoms with Crippen molar-refractivity contribution in [3.8, 4) is 0 Å². The Morgan fingerprint density at radius 3 is 2.22 bits per heavy atom. The first-order chi connectivity index (χ1) is 12.8. The monoisotopic (exact) mass is 363 g/mol. The number of amides is 1. The molecule has 0 aliphatic carbocycles. The fourth-order valence-electron chi connectivity index (χ4n) is 3.68. The van der Waals surface area contributed by atoms with Crippen molar-refractivity contribution in [2.24, 2.45) is 5.92 Å². The van der Waals surface area contributed by atoms with Crippen molar-refractivity contribution in [1.29, 1.82) is 0 Å². The number of benzene rings is 2. The van der Waals surface area contributed by atoms with E-state index in [2.05, 4.69) is 0 Å². The van der Waals surface area contributed by atoms with Gasteiger partial charge in [0.15, 0.2) is 11.5 Å². The summed E-state index contributed by atoms with van der Waals surface area (Å²) in [6, 6.07) is 14.6. The van der Waals surface area contributed by atoms with Gasteiger partial charge in [0.25, 0.3) is 5.91 Å². The normalized spacial score (nSPS) is 17.1. The number of carbonyl (C=O) groups is 2. The molecule has 0 fully saturated rings. The number of aryl methyl sites for hydroxylation is 2. The maximum atomic E-state index is 13.0. The van der Waals surface area contributed by atoms with Crippen LogP contribution < -0.4 is 4.90 Å². The SMILES string of the molecule is Cc1cc(C)cc(N2C(=O)C(O)=C(C(=O)CC(C)C)C2c2ccccc2)c1. The van der Waals surface area contributed by atoms with E-state index in [0.29, 0.717) is 5.69 Å². The zero-order valence-electron chi connectivity index (χ0n) is 16.2. The minimum absolute atomic E-state index is 0.139. The van der Waals surface area contributed by atoms with Crippen LogP contribution in [0.4, 0.5) is 5.69 Å². The van der Waals surface area contributed by atoms with Gasteiger partial charge in [-0.25, -0.2) is 0 Å². The third-order valence-electron chi connectivity index (χ3n) is 4.70. The number of aliphatic hydroxyl groups excluding tert-OH is 1. The van der Waals surface area contributed by atoms with Gasteiger partial charge in [0.05, 0.1) is 11.6 Å². The molecule has 1 atom stereocenters. The van der Waals surface area contributed by atoms with E-state index in [1.165, 1.54) is 4.90 Å². The van der Waals surface area contributed by atoms with Crippen LogP contribution in [0.15, 0.2) is 59.9 Å². The molecule has 1 unspecified atom stereocenters. The smallest absolute Gasteiger partial charge is 0.294 e. The summed E-state index contributed by atoms with van der Waals surface area (Å²) in [5.74, 6) is -1.01. The molecule has 3 rings (SSSR count). The number of carbonyl (C=O) groups excluding carboxylic acids is 2. The molecule has 4 nitrogen and oxygen atoms in total. The predicted molar refractivity (Wildman–Crippen MR) is 107 cm³/mol. The molecule has 2 aromatic rings. The number of nitrogens with zero attached hydrogens (tertiary/aromatic N) is 1. The van der Waals surface area contributed by atoms with Crippen molar-refractivity contribution >= 4 is 17.4 Å². The number of anilines is 1. The quantitative estimate of drug-likeness (QED) is 0.829. The Balaban J connectivity index is 2.16. The van der Waals surface area contributed by atoms with Gasteiger partial charge in [0, 0.05) is 12.1 Å². The number of aliphatic hydroxyl groups is 1. The van der Waals surface area contributed by atoms with E-state index in [-0.39, 0.29) is 23.7 Å². The topological polar surface area (TPSA) is 57.6 Å². The van der Waals surface area contributed by atoms with Gasteiger partial charge < -0.3 is 5.11 Å². The molecule has 0 aromatic heterocycles. The second-order valence-corrected chi connectivity index (χ2v) is 7.62. The molecule has 1 aliphatic heterocycles. The highest BCUT2D eigenvalue weighted by Crippen LogP contribution is 2.42. The molecule has 1 aliphatic rings. The summed E-state index contributed by atoms with van der Waals surface area (Å²) in [5, 5.41) is 10.6. The molecule has 0 saturated carbocycles. The van der Waals surface area contributed by atoms with Gasteiger partial charge in [-0.3, -0.25) is 14.5 Å². The lowest BCUT2D eigenvalue weighted by atomic mass is 9.92. The number of ketones is 1. The third kappa shape index (κ3) is 3.65. The Bertz CT molecular complexity index is 892. The van der Waals surface area contributed by atoms with Crippen LogP contribution in [-0.2, 0) is 9.59 Å². The summed E-state index contributed by atoms with van der Waals surface area (Å²) in [6.45, 7) is 7.83. The molecule has 140 valence electrons. The van der Waals surface area contributed by atoms with E-state index >= 15 is 0 Å². The van der Waals surface area contributed by atoms with Crippen LogP contribution in [0.25, 0.3) is 0 Å². The van der Waals surface area contributed by atoms with Gasteiger partial charge in [-0.15, -0.1) is 0 Å². The van der Waals surface area contributed by atoms with E-state index in [4.69, 9.17) is 0 Å². The molecule has 0 bridgehead atoms. The molecule has 2 aromatic carbocycles. The van der Waals surface area contributed by atoms with Crippen molar-refractivity contribution in [3.05, 3.63) is 76.6 Å². The molecular weight excluding hydrogens is 338 g/mol. The lowest BCUT2D eigenvalue weighted by molar-refractivity contribution is -0.118. The van der Waals surface area contributed by atoms with Crippen LogP contribution >= 0.6 is 0 Å². The van der Waals surface area contributed by atoms with E-state index in [9.17, 15) is 14.7 Å². The minimum Gasteiger partial charge on any atom is -0.503 e. The largest absolute Gasteiger partial charge is 0.503 e. The van der Waals surface area contributed by atoms with Crippen LogP contribution in [0.3, 0.4) is 0 Å². The van der Waals surface area contributed by atoms with Gasteiger partial charge in [0.2, 0.25) is 0 Å². The molecule has 4 heteroatoms. The molecule has 0 spiro atoms. The fourth-order valence-corrected chi connectivity index (χ4v) is 3.68. The summed E-state index contributed by atoms with van der Waals surface area (Å²) in [6.07, 6.45) is 0.288. The van der Waals surface area contributed by atoms with Gasteiger partial charge >= 0.3 is 0 Å². The van der Waals surface area contributed by atoms with E-state index in [1.54, 1.807) is 0 Å². The van der Waals surface area contributed by atoms with E-state index in [1.807, 2.05) is 76.2 Å². The summed E-state index contributed by atoms with van der Waals surface area (Å²) in [7, 11) is 0. The van der Waals surface area contributed by atoms with Crippen LogP contribution in [0.2, 0.25) is 0 Å². The van der Waals surface area contributed by atoms with Crippen LogP contribution in [-0.4, -0.2) is 16.8 Å². The van der Waals surface area contributed by atoms with Gasteiger partial charge in [0.1, 0.15) is 0 Å². The Hall–Kier alpha value is -2.88. The van der Waals surface area contributed by atoms with Crippen molar-refractivity contribution in [3.63, 3.8) is 0 Å². The molecule has 27 heavy (non-hydrogen) atoms. The van der Waals surface area contributed by atoms with E-state index in [0.717, 1.165) is 16.7 Å². The summed E-state index contributed by atoms with van der Waals surface area (Å²) >= 11 is 0. The molecule has 0 saturated heterocycles. The second-order valence-electron chi connectivity index (χ2n) is 7.62. The molecular formula is C23H25NO3. The minimum atomic E-state index is -0.619. The highest BCUT2D eigenvalue weighted by molar-refractivity contribution is 6.16. The third-order valence-corrected chi connectivity index (χ3v) is 4.70. The molecule has 0 radical (unpaired) electrons. The molecule has 1 amide bonds. The number of hydrogen-bond acceptors (Lipinski definition) is 3. The zero-order valence-corrected chi connectivity index (χ0v) is 16.2. The fraction of sp³-hybridized carbons (Fsp3) is 0.304. The lowest BCUT2D eigenvalue weighted by Crippen LogP contribution is -2.31. The van der Waals surface area contributed by atoms with Crippen molar-refractivity contribution in [1.82, 2.24) is 0 Å². The zero-order chi connectivity index (χ0) is 19.7. The molecule has 1 heterocycles. The maximum Gasteiger partial charge on any atom is 0.294 e. The van der Waals surface area contributed by atoms with Crippen LogP contribution in [0, 0.1) is 19.8 Å². The van der Waals surface area contributed by atoms with Gasteiger partial charge in [-0.1, -0.05) is 50.2 Å². The summed E-state index contributed by atoms with van der Waals surface area (Å²) < 4.78 is 0. The first-order valence-electron chi connectivity index (χ1n) is 9.22. The van der Waals surface area contributed by atoms with Gasteiger partial charge in [-0.2, -0.15) is 0 Å². The van der Waals surface area contributed by atoms with E-state index < -0.39 is 17.7 Å². The predicted octanol–water partition coefficient (Wildman–Crippen LogP) is 4.82. The average molecular weight is 363 g/mol. The van der Waals surface area contributed by atoms with Crippen LogP contribution in [0.5, 0.6) is 0 Å². The van der Waals surface area contributed by atoms with Gasteiger partial charge in [-0.05, 0) is 48.6 Å². The average Bonchev–Trinajstić information content (AvgIpc) is 2.86. The Labute approximate surface area is 160 Å². The first kappa shape index (κ1) is 18.9. The summed E-state index contributed by atoms with van der Waals surface area (Å²) in [4.78, 5) is 27.4. The van der Waals surface area contributed by atoms with Crippen molar-refractivity contribution < 1.29 is 14.7 Å². The Morgan fingerprint density at radius 1 is 1.07 bits per heavy atom. The Morgan fingerprint density at radius 2 is 1.67 bits per heavy atom. The van der Waals surface area contributed by atoms with Crippen molar-refractivity contribution in [2.45, 2.75) is 40.2 Å². The summed E-state index contributed by atoms with van der Waals surface area (Å²) in [5.41, 5.74) is 3.72. The highest BCUT2D eigenvalue weighted by atomic mass is 16.3. The Kier molecular flexibility index (Phi) is 5.17. The number of Topliss-reactive ketones (excluding diaryl/α,β-unsaturated/α-hetero) is 1. The molecule has 1 N–H and O–H groups in total. The number of rotatable bonds is 5. The first-order valence-corrected chi connectivity index (χ1v) is 9.22.